The van der Waals surface area contributed by atoms with Crippen LogP contribution in [0, 0.1) is 5.92 Å². The summed E-state index contributed by atoms with van der Waals surface area (Å²) in [6.45, 7) is 6.29. The average molecular weight is 225 g/mol. The molecule has 0 aromatic carbocycles. The van der Waals surface area contributed by atoms with Crippen LogP contribution >= 0.6 is 0 Å². The van der Waals surface area contributed by atoms with E-state index in [1.54, 1.807) is 0 Å². The molecule has 1 fully saturated rings. The number of hydrogen-bond acceptors (Lipinski definition) is 1. The van der Waals surface area contributed by atoms with Crippen LogP contribution in [0.15, 0.2) is 0 Å². The molecular formula is C14H27NO. The first-order valence-electron chi connectivity index (χ1n) is 6.84. The second kappa shape index (κ2) is 6.27. The Labute approximate surface area is 100 Å². The highest BCUT2D eigenvalue weighted by Crippen LogP contribution is 2.27. The van der Waals surface area contributed by atoms with E-state index >= 15 is 0 Å². The van der Waals surface area contributed by atoms with Crippen LogP contribution < -0.4 is 5.32 Å². The van der Waals surface area contributed by atoms with Crippen molar-refractivity contribution >= 4 is 5.91 Å². The molecule has 1 aliphatic carbocycles. The van der Waals surface area contributed by atoms with Crippen molar-refractivity contribution in [1.29, 1.82) is 0 Å². The first-order valence-corrected chi connectivity index (χ1v) is 6.84. The lowest BCUT2D eigenvalue weighted by atomic mass is 9.86. The van der Waals surface area contributed by atoms with Crippen LogP contribution in [0.3, 0.4) is 0 Å². The van der Waals surface area contributed by atoms with Gasteiger partial charge in [0.15, 0.2) is 0 Å². The summed E-state index contributed by atoms with van der Waals surface area (Å²) in [6.07, 6.45) is 9.60. The monoisotopic (exact) mass is 225 g/mol. The van der Waals surface area contributed by atoms with Crippen LogP contribution in [0.5, 0.6) is 0 Å². The normalized spacial score (nSPS) is 18.4. The van der Waals surface area contributed by atoms with Crippen molar-refractivity contribution in [1.82, 2.24) is 5.32 Å². The number of carbonyl (C=O) groups is 1. The van der Waals surface area contributed by atoms with Gasteiger partial charge in [0.25, 0.3) is 0 Å². The molecular weight excluding hydrogens is 198 g/mol. The summed E-state index contributed by atoms with van der Waals surface area (Å²) >= 11 is 0. The molecule has 0 heterocycles. The standard InChI is InChI=1S/C14H27NO/c1-4-14(2,3)15-13(16)11-10-12-8-6-5-7-9-12/h12H,4-11H2,1-3H3,(H,15,16). The predicted molar refractivity (Wildman–Crippen MR) is 68.3 cm³/mol. The average Bonchev–Trinajstić information content (AvgIpc) is 2.27. The second-order valence-corrected chi connectivity index (χ2v) is 5.83. The number of carbonyl (C=O) groups excluding carboxylic acids is 1. The third kappa shape index (κ3) is 5.00. The van der Waals surface area contributed by atoms with E-state index in [9.17, 15) is 4.79 Å². The Morgan fingerprint density at radius 1 is 1.25 bits per heavy atom. The summed E-state index contributed by atoms with van der Waals surface area (Å²) in [5, 5.41) is 3.11. The van der Waals surface area contributed by atoms with Crippen molar-refractivity contribution in [2.45, 2.75) is 77.7 Å². The molecule has 0 atom stereocenters. The van der Waals surface area contributed by atoms with Crippen LogP contribution in [-0.2, 0) is 4.79 Å². The summed E-state index contributed by atoms with van der Waals surface area (Å²) in [4.78, 5) is 11.7. The first kappa shape index (κ1) is 13.5. The summed E-state index contributed by atoms with van der Waals surface area (Å²) < 4.78 is 0. The zero-order valence-corrected chi connectivity index (χ0v) is 11.1. The smallest absolute Gasteiger partial charge is 0.220 e. The molecule has 1 saturated carbocycles. The molecule has 0 radical (unpaired) electrons. The van der Waals surface area contributed by atoms with Gasteiger partial charge in [0.2, 0.25) is 5.91 Å². The molecule has 0 aliphatic heterocycles. The molecule has 2 heteroatoms. The van der Waals surface area contributed by atoms with Crippen molar-refractivity contribution in [3.63, 3.8) is 0 Å². The summed E-state index contributed by atoms with van der Waals surface area (Å²) in [6, 6.07) is 0. The van der Waals surface area contributed by atoms with Gasteiger partial charge in [-0.1, -0.05) is 39.0 Å². The van der Waals surface area contributed by atoms with Crippen LogP contribution in [0.4, 0.5) is 0 Å². The fraction of sp³-hybridized carbons (Fsp3) is 0.929. The number of rotatable bonds is 5. The van der Waals surface area contributed by atoms with Crippen molar-refractivity contribution < 1.29 is 4.79 Å². The molecule has 0 bridgehead atoms. The molecule has 1 rings (SSSR count). The van der Waals surface area contributed by atoms with Gasteiger partial charge in [-0.15, -0.1) is 0 Å². The minimum Gasteiger partial charge on any atom is -0.351 e. The lowest BCUT2D eigenvalue weighted by Crippen LogP contribution is -2.42. The topological polar surface area (TPSA) is 29.1 Å². The van der Waals surface area contributed by atoms with Crippen LogP contribution in [0.2, 0.25) is 0 Å². The van der Waals surface area contributed by atoms with Gasteiger partial charge in [0, 0.05) is 12.0 Å². The van der Waals surface area contributed by atoms with Gasteiger partial charge < -0.3 is 5.32 Å². The van der Waals surface area contributed by atoms with E-state index in [1.807, 2.05) is 0 Å². The first-order chi connectivity index (χ1) is 7.53. The van der Waals surface area contributed by atoms with E-state index < -0.39 is 0 Å². The molecule has 0 spiro atoms. The highest BCUT2D eigenvalue weighted by Gasteiger charge is 2.19. The molecule has 0 unspecified atom stereocenters. The Hall–Kier alpha value is -0.530. The van der Waals surface area contributed by atoms with Crippen molar-refractivity contribution in [3.8, 4) is 0 Å². The molecule has 16 heavy (non-hydrogen) atoms. The second-order valence-electron chi connectivity index (χ2n) is 5.83. The minimum atomic E-state index is -0.0380. The van der Waals surface area contributed by atoms with Crippen molar-refractivity contribution in [2.24, 2.45) is 5.92 Å². The van der Waals surface area contributed by atoms with E-state index in [4.69, 9.17) is 0 Å². The molecule has 0 aromatic heterocycles. The third-order valence-corrected chi connectivity index (χ3v) is 3.87. The number of nitrogens with one attached hydrogen (secondary N) is 1. The van der Waals surface area contributed by atoms with Crippen molar-refractivity contribution in [2.75, 3.05) is 0 Å². The van der Waals surface area contributed by atoms with E-state index in [-0.39, 0.29) is 11.4 Å². The zero-order chi connectivity index (χ0) is 12.0. The molecule has 0 aromatic rings. The van der Waals surface area contributed by atoms with E-state index in [0.29, 0.717) is 6.42 Å². The number of amides is 1. The van der Waals surface area contributed by atoms with E-state index in [0.717, 1.165) is 18.8 Å². The Bertz CT molecular complexity index is 217. The van der Waals surface area contributed by atoms with E-state index in [2.05, 4.69) is 26.1 Å². The van der Waals surface area contributed by atoms with Crippen molar-refractivity contribution in [3.05, 3.63) is 0 Å². The van der Waals surface area contributed by atoms with Gasteiger partial charge in [-0.2, -0.15) is 0 Å². The summed E-state index contributed by atoms with van der Waals surface area (Å²) in [5.74, 6) is 1.04. The van der Waals surface area contributed by atoms with Crippen LogP contribution in [0.1, 0.15) is 72.1 Å². The third-order valence-electron chi connectivity index (χ3n) is 3.87. The Balaban J connectivity index is 2.19. The maximum absolute atomic E-state index is 11.7. The van der Waals surface area contributed by atoms with Gasteiger partial charge in [-0.05, 0) is 32.6 Å². The van der Waals surface area contributed by atoms with Gasteiger partial charge in [-0.3, -0.25) is 4.79 Å². The summed E-state index contributed by atoms with van der Waals surface area (Å²) in [5.41, 5.74) is -0.0380. The fourth-order valence-electron chi connectivity index (χ4n) is 2.34. The Morgan fingerprint density at radius 2 is 1.88 bits per heavy atom. The van der Waals surface area contributed by atoms with Gasteiger partial charge >= 0.3 is 0 Å². The molecule has 2 nitrogen and oxygen atoms in total. The summed E-state index contributed by atoms with van der Waals surface area (Å²) in [7, 11) is 0. The highest BCUT2D eigenvalue weighted by atomic mass is 16.1. The highest BCUT2D eigenvalue weighted by molar-refractivity contribution is 5.76. The molecule has 1 aliphatic rings. The lowest BCUT2D eigenvalue weighted by Gasteiger charge is -2.26. The fourth-order valence-corrected chi connectivity index (χ4v) is 2.34. The van der Waals surface area contributed by atoms with Gasteiger partial charge in [0.05, 0.1) is 0 Å². The Morgan fingerprint density at radius 3 is 2.44 bits per heavy atom. The van der Waals surface area contributed by atoms with E-state index in [1.165, 1.54) is 32.1 Å². The van der Waals surface area contributed by atoms with Gasteiger partial charge in [0.1, 0.15) is 0 Å². The number of hydrogen-bond donors (Lipinski definition) is 1. The van der Waals surface area contributed by atoms with Crippen LogP contribution in [0.25, 0.3) is 0 Å². The SMILES string of the molecule is CCC(C)(C)NC(=O)CCC1CCCCC1. The molecule has 94 valence electrons. The maximum Gasteiger partial charge on any atom is 0.220 e. The molecule has 1 N–H and O–H groups in total. The molecule has 0 saturated heterocycles. The minimum absolute atomic E-state index is 0.0380. The predicted octanol–water partition coefficient (Wildman–Crippen LogP) is 3.65. The lowest BCUT2D eigenvalue weighted by molar-refractivity contribution is -0.123. The van der Waals surface area contributed by atoms with Crippen LogP contribution in [-0.4, -0.2) is 11.4 Å². The quantitative estimate of drug-likeness (QED) is 0.760. The maximum atomic E-state index is 11.7. The Kier molecular flexibility index (Phi) is 5.30. The largest absolute Gasteiger partial charge is 0.351 e. The van der Waals surface area contributed by atoms with Gasteiger partial charge in [-0.25, -0.2) is 0 Å². The zero-order valence-electron chi connectivity index (χ0n) is 11.1. The molecule has 1 amide bonds.